The molecule has 4 heteroatoms. The van der Waals surface area contributed by atoms with Crippen LogP contribution in [0, 0.1) is 0 Å². The molecule has 0 aromatic heterocycles. The van der Waals surface area contributed by atoms with Gasteiger partial charge in [-0.15, -0.1) is 0 Å². The summed E-state index contributed by atoms with van der Waals surface area (Å²) in [7, 11) is -4.31. The molecular weight excluding hydrogens is 295 g/mol. The van der Waals surface area contributed by atoms with Crippen LogP contribution in [0.3, 0.4) is 0 Å². The smallest absolute Gasteiger partial charge is 0.321 e. The number of benzene rings is 3. The largest absolute Gasteiger partial charge is 0.356 e. The Hall–Kier alpha value is -1.67. The van der Waals surface area contributed by atoms with E-state index >= 15 is 0 Å². The van der Waals surface area contributed by atoms with Crippen molar-refractivity contribution in [2.24, 2.45) is 0 Å². The molecule has 0 bridgehead atoms. The van der Waals surface area contributed by atoms with Gasteiger partial charge in [-0.25, -0.2) is 0 Å². The van der Waals surface area contributed by atoms with Crippen molar-refractivity contribution in [3.05, 3.63) is 53.6 Å². The van der Waals surface area contributed by atoms with Gasteiger partial charge in [0.15, 0.2) is 0 Å². The van der Waals surface area contributed by atoms with Crippen LogP contribution in [0.25, 0.3) is 21.5 Å². The fourth-order valence-corrected chi connectivity index (χ4v) is 4.52. The summed E-state index contributed by atoms with van der Waals surface area (Å²) >= 11 is 0. The maximum absolute atomic E-state index is 12.1. The van der Waals surface area contributed by atoms with Gasteiger partial charge in [0.1, 0.15) is 0 Å². The van der Waals surface area contributed by atoms with Gasteiger partial charge in [-0.05, 0) is 59.0 Å². The summed E-state index contributed by atoms with van der Waals surface area (Å²) in [6, 6.07) is 13.6. The minimum atomic E-state index is -4.31. The Morgan fingerprint density at radius 1 is 0.909 bits per heavy atom. The lowest BCUT2D eigenvalue weighted by atomic mass is 9.86. The van der Waals surface area contributed by atoms with Crippen molar-refractivity contribution in [1.82, 2.24) is 0 Å². The highest BCUT2D eigenvalue weighted by Gasteiger charge is 2.25. The van der Waals surface area contributed by atoms with Crippen molar-refractivity contribution < 1.29 is 14.4 Å². The zero-order valence-electron chi connectivity index (χ0n) is 12.1. The normalized spacial score (nSPS) is 15.2. The molecule has 1 aliphatic rings. The second-order valence-corrected chi connectivity index (χ2v) is 7.56. The van der Waals surface area contributed by atoms with Crippen molar-refractivity contribution in [2.45, 2.75) is 25.7 Å². The molecular formula is C18H17O3P. The predicted octanol–water partition coefficient (Wildman–Crippen LogP) is 3.67. The van der Waals surface area contributed by atoms with Crippen LogP contribution in [0.1, 0.15) is 24.0 Å². The van der Waals surface area contributed by atoms with E-state index in [9.17, 15) is 14.4 Å². The summed E-state index contributed by atoms with van der Waals surface area (Å²) < 4.78 is 12.1. The van der Waals surface area contributed by atoms with E-state index in [-0.39, 0.29) is 5.30 Å². The molecule has 0 unspecified atom stereocenters. The van der Waals surface area contributed by atoms with E-state index in [1.54, 1.807) is 6.07 Å². The molecule has 0 aliphatic heterocycles. The van der Waals surface area contributed by atoms with Gasteiger partial charge in [-0.2, -0.15) is 0 Å². The van der Waals surface area contributed by atoms with Crippen LogP contribution >= 0.6 is 7.60 Å². The Balaban J connectivity index is 2.25. The summed E-state index contributed by atoms with van der Waals surface area (Å²) in [5, 5.41) is 3.86. The molecule has 3 aromatic carbocycles. The quantitative estimate of drug-likeness (QED) is 0.532. The standard InChI is InChI=1S/C18H17O3P/c19-22(20,21)17-11-13-6-2-3-7-14(13)16-10-9-12-5-1-4-8-15(12)18(16)17/h2-3,6-7,9-11H,1,4-5,8H2,(H2,19,20,21). The van der Waals surface area contributed by atoms with Crippen LogP contribution in [0.4, 0.5) is 0 Å². The number of aryl methyl sites for hydroxylation is 2. The average Bonchev–Trinajstić information content (AvgIpc) is 2.52. The van der Waals surface area contributed by atoms with Gasteiger partial charge in [0, 0.05) is 5.39 Å². The van der Waals surface area contributed by atoms with Gasteiger partial charge in [0.2, 0.25) is 0 Å². The molecule has 0 saturated heterocycles. The molecule has 2 N–H and O–H groups in total. The summed E-state index contributed by atoms with van der Waals surface area (Å²) in [6.45, 7) is 0. The van der Waals surface area contributed by atoms with E-state index < -0.39 is 7.60 Å². The van der Waals surface area contributed by atoms with E-state index in [2.05, 4.69) is 6.07 Å². The fourth-order valence-electron chi connectivity index (χ4n) is 3.66. The second kappa shape index (κ2) is 4.92. The molecule has 0 spiro atoms. The topological polar surface area (TPSA) is 57.5 Å². The predicted molar refractivity (Wildman–Crippen MR) is 89.8 cm³/mol. The minimum Gasteiger partial charge on any atom is -0.321 e. The van der Waals surface area contributed by atoms with Crippen molar-refractivity contribution in [3.8, 4) is 0 Å². The molecule has 0 fully saturated rings. The minimum absolute atomic E-state index is 0.181. The summed E-state index contributed by atoms with van der Waals surface area (Å²) in [4.78, 5) is 19.7. The van der Waals surface area contributed by atoms with Gasteiger partial charge in [0.25, 0.3) is 0 Å². The molecule has 1 aliphatic carbocycles. The molecule has 4 rings (SSSR count). The van der Waals surface area contributed by atoms with E-state index in [1.807, 2.05) is 30.3 Å². The molecule has 0 heterocycles. The van der Waals surface area contributed by atoms with E-state index in [0.717, 1.165) is 52.8 Å². The van der Waals surface area contributed by atoms with Gasteiger partial charge >= 0.3 is 7.60 Å². The van der Waals surface area contributed by atoms with E-state index in [0.29, 0.717) is 0 Å². The molecule has 3 aromatic rings. The highest BCUT2D eigenvalue weighted by Crippen LogP contribution is 2.41. The summed E-state index contributed by atoms with van der Waals surface area (Å²) in [6.07, 6.45) is 4.13. The Kier molecular flexibility index (Phi) is 3.12. The van der Waals surface area contributed by atoms with Crippen molar-refractivity contribution in [3.63, 3.8) is 0 Å². The van der Waals surface area contributed by atoms with Crippen LogP contribution in [0.15, 0.2) is 42.5 Å². The lowest BCUT2D eigenvalue weighted by Crippen LogP contribution is -2.12. The Morgan fingerprint density at radius 3 is 2.50 bits per heavy atom. The zero-order chi connectivity index (χ0) is 15.3. The number of hydrogen-bond acceptors (Lipinski definition) is 1. The van der Waals surface area contributed by atoms with Crippen LogP contribution in [-0.2, 0) is 17.4 Å². The molecule has 3 nitrogen and oxygen atoms in total. The van der Waals surface area contributed by atoms with E-state index in [1.165, 1.54) is 5.56 Å². The van der Waals surface area contributed by atoms with Crippen LogP contribution in [0.5, 0.6) is 0 Å². The zero-order valence-corrected chi connectivity index (χ0v) is 13.0. The van der Waals surface area contributed by atoms with Crippen LogP contribution < -0.4 is 5.30 Å². The molecule has 112 valence electrons. The third-order valence-corrected chi connectivity index (χ3v) is 5.63. The Morgan fingerprint density at radius 2 is 1.68 bits per heavy atom. The number of fused-ring (bicyclic) bond motifs is 5. The average molecular weight is 312 g/mol. The number of rotatable bonds is 1. The van der Waals surface area contributed by atoms with Crippen LogP contribution in [-0.4, -0.2) is 9.79 Å². The Bertz CT molecular complexity index is 940. The highest BCUT2D eigenvalue weighted by atomic mass is 31.2. The first-order valence-corrected chi connectivity index (χ1v) is 9.19. The summed E-state index contributed by atoms with van der Waals surface area (Å²) in [5.74, 6) is 0. The second-order valence-electron chi connectivity index (χ2n) is 5.99. The van der Waals surface area contributed by atoms with Gasteiger partial charge in [-0.3, -0.25) is 4.57 Å². The maximum Gasteiger partial charge on any atom is 0.356 e. The number of hydrogen-bond donors (Lipinski definition) is 2. The Labute approximate surface area is 128 Å². The molecule has 0 radical (unpaired) electrons. The van der Waals surface area contributed by atoms with Crippen molar-refractivity contribution in [1.29, 1.82) is 0 Å². The molecule has 0 saturated carbocycles. The lowest BCUT2D eigenvalue weighted by Gasteiger charge is -2.21. The first-order chi connectivity index (χ1) is 10.6. The third-order valence-electron chi connectivity index (χ3n) is 4.65. The first-order valence-electron chi connectivity index (χ1n) is 7.58. The maximum atomic E-state index is 12.1. The summed E-state index contributed by atoms with van der Waals surface area (Å²) in [5.41, 5.74) is 2.37. The van der Waals surface area contributed by atoms with Crippen molar-refractivity contribution in [2.75, 3.05) is 0 Å². The first kappa shape index (κ1) is 14.0. The fraction of sp³-hybridized carbons (Fsp3) is 0.222. The molecule has 22 heavy (non-hydrogen) atoms. The van der Waals surface area contributed by atoms with Crippen molar-refractivity contribution >= 4 is 34.4 Å². The molecule has 0 atom stereocenters. The van der Waals surface area contributed by atoms with E-state index in [4.69, 9.17) is 0 Å². The van der Waals surface area contributed by atoms with Gasteiger partial charge in [0.05, 0.1) is 5.30 Å². The van der Waals surface area contributed by atoms with Crippen LogP contribution in [0.2, 0.25) is 0 Å². The molecule has 0 amide bonds. The van der Waals surface area contributed by atoms with Gasteiger partial charge in [-0.1, -0.05) is 36.4 Å². The highest BCUT2D eigenvalue weighted by molar-refractivity contribution is 7.60. The lowest BCUT2D eigenvalue weighted by molar-refractivity contribution is 0.388. The monoisotopic (exact) mass is 312 g/mol. The van der Waals surface area contributed by atoms with Gasteiger partial charge < -0.3 is 9.79 Å². The SMILES string of the molecule is O=P(O)(O)c1cc2ccccc2c2ccc3c(c12)CCCC3. The third kappa shape index (κ3) is 2.09.